The SMILES string of the molecule is CC(C)CC(C)(CN)NC(=O)CCN1C(=O)CCC1=O.Cl. The Morgan fingerprint density at radius 1 is 1.33 bits per heavy atom. The molecule has 0 aliphatic carbocycles. The number of hydrogen-bond acceptors (Lipinski definition) is 4. The van der Waals surface area contributed by atoms with Crippen molar-refractivity contribution in [3.63, 3.8) is 0 Å². The second kappa shape index (κ2) is 8.34. The first kappa shape index (κ1) is 19.9. The van der Waals surface area contributed by atoms with Crippen molar-refractivity contribution in [2.24, 2.45) is 11.7 Å². The summed E-state index contributed by atoms with van der Waals surface area (Å²) in [5.74, 6) is -0.130. The molecule has 1 heterocycles. The van der Waals surface area contributed by atoms with Crippen molar-refractivity contribution in [2.75, 3.05) is 13.1 Å². The number of nitrogens with two attached hydrogens (primary N) is 1. The summed E-state index contributed by atoms with van der Waals surface area (Å²) in [6.07, 6.45) is 1.44. The van der Waals surface area contributed by atoms with Gasteiger partial charge < -0.3 is 11.1 Å². The average molecular weight is 320 g/mol. The Hall–Kier alpha value is -1.14. The van der Waals surface area contributed by atoms with Crippen LogP contribution in [0.3, 0.4) is 0 Å². The van der Waals surface area contributed by atoms with E-state index < -0.39 is 5.54 Å². The maximum Gasteiger partial charge on any atom is 0.229 e. The van der Waals surface area contributed by atoms with Crippen LogP contribution in [0.4, 0.5) is 0 Å². The van der Waals surface area contributed by atoms with Crippen molar-refractivity contribution in [3.05, 3.63) is 0 Å². The van der Waals surface area contributed by atoms with Gasteiger partial charge in [-0.15, -0.1) is 12.4 Å². The van der Waals surface area contributed by atoms with E-state index in [4.69, 9.17) is 5.73 Å². The zero-order valence-corrected chi connectivity index (χ0v) is 13.8. The smallest absolute Gasteiger partial charge is 0.229 e. The van der Waals surface area contributed by atoms with Gasteiger partial charge in [0.05, 0.1) is 0 Å². The molecule has 7 heteroatoms. The van der Waals surface area contributed by atoms with E-state index in [2.05, 4.69) is 19.2 Å². The molecule has 1 atom stereocenters. The number of imide groups is 1. The van der Waals surface area contributed by atoms with Gasteiger partial charge in [-0.2, -0.15) is 0 Å². The maximum atomic E-state index is 12.0. The lowest BCUT2D eigenvalue weighted by molar-refractivity contribution is -0.138. The third kappa shape index (κ3) is 6.01. The van der Waals surface area contributed by atoms with Crippen LogP contribution in [0.15, 0.2) is 0 Å². The van der Waals surface area contributed by atoms with Gasteiger partial charge in [0.15, 0.2) is 0 Å². The summed E-state index contributed by atoms with van der Waals surface area (Å²) in [7, 11) is 0. The highest BCUT2D eigenvalue weighted by atomic mass is 35.5. The van der Waals surface area contributed by atoms with Gasteiger partial charge in [0.2, 0.25) is 17.7 Å². The molecule has 122 valence electrons. The second-order valence-corrected chi connectivity index (χ2v) is 6.10. The largest absolute Gasteiger partial charge is 0.350 e. The molecule has 1 rings (SSSR count). The summed E-state index contributed by atoms with van der Waals surface area (Å²) >= 11 is 0. The molecule has 3 amide bonds. The van der Waals surface area contributed by atoms with Crippen LogP contribution in [0.1, 0.15) is 46.5 Å². The zero-order chi connectivity index (χ0) is 15.3. The van der Waals surface area contributed by atoms with Crippen LogP contribution in [0, 0.1) is 5.92 Å². The van der Waals surface area contributed by atoms with Crippen molar-refractivity contribution in [3.8, 4) is 0 Å². The minimum atomic E-state index is -0.440. The number of carbonyl (C=O) groups is 3. The number of carbonyl (C=O) groups excluding carboxylic acids is 3. The number of halogens is 1. The zero-order valence-electron chi connectivity index (χ0n) is 13.0. The molecule has 0 aromatic rings. The molecule has 3 N–H and O–H groups in total. The monoisotopic (exact) mass is 319 g/mol. The van der Waals surface area contributed by atoms with Crippen molar-refractivity contribution >= 4 is 30.1 Å². The fourth-order valence-electron chi connectivity index (χ4n) is 2.57. The number of amides is 3. The minimum absolute atomic E-state index is 0. The Morgan fingerprint density at radius 3 is 2.29 bits per heavy atom. The van der Waals surface area contributed by atoms with E-state index in [-0.39, 0.29) is 55.9 Å². The molecule has 1 fully saturated rings. The summed E-state index contributed by atoms with van der Waals surface area (Å²) in [4.78, 5) is 36.0. The highest BCUT2D eigenvalue weighted by Crippen LogP contribution is 2.16. The van der Waals surface area contributed by atoms with Crippen LogP contribution in [-0.4, -0.2) is 41.2 Å². The summed E-state index contributed by atoms with van der Waals surface area (Å²) in [6.45, 7) is 6.57. The lowest BCUT2D eigenvalue weighted by Crippen LogP contribution is -2.52. The first-order valence-corrected chi connectivity index (χ1v) is 7.11. The average Bonchev–Trinajstić information content (AvgIpc) is 2.65. The molecule has 1 aliphatic rings. The van der Waals surface area contributed by atoms with E-state index in [1.807, 2.05) is 6.92 Å². The molecule has 0 aromatic heterocycles. The first-order valence-electron chi connectivity index (χ1n) is 7.11. The second-order valence-electron chi connectivity index (χ2n) is 6.10. The van der Waals surface area contributed by atoms with Gasteiger partial charge in [-0.05, 0) is 19.3 Å². The van der Waals surface area contributed by atoms with Crippen LogP contribution in [0.25, 0.3) is 0 Å². The van der Waals surface area contributed by atoms with Crippen LogP contribution in [0.2, 0.25) is 0 Å². The van der Waals surface area contributed by atoms with Crippen molar-refractivity contribution in [1.29, 1.82) is 0 Å². The van der Waals surface area contributed by atoms with Crippen molar-refractivity contribution in [2.45, 2.75) is 52.0 Å². The molecule has 0 aromatic carbocycles. The lowest BCUT2D eigenvalue weighted by Gasteiger charge is -2.31. The molecule has 1 unspecified atom stereocenters. The number of nitrogens with zero attached hydrogens (tertiary/aromatic N) is 1. The van der Waals surface area contributed by atoms with Gasteiger partial charge in [-0.25, -0.2) is 0 Å². The van der Waals surface area contributed by atoms with Gasteiger partial charge in [-0.3, -0.25) is 19.3 Å². The molecule has 0 saturated carbocycles. The molecule has 1 saturated heterocycles. The predicted molar refractivity (Wildman–Crippen MR) is 82.9 cm³/mol. The Morgan fingerprint density at radius 2 is 1.86 bits per heavy atom. The van der Waals surface area contributed by atoms with E-state index >= 15 is 0 Å². The Bertz CT molecular complexity index is 385. The number of likely N-dealkylation sites (tertiary alicyclic amines) is 1. The Labute approximate surface area is 132 Å². The number of nitrogens with one attached hydrogen (secondary N) is 1. The number of rotatable bonds is 7. The Kier molecular flexibility index (Phi) is 7.89. The van der Waals surface area contributed by atoms with E-state index in [0.717, 1.165) is 6.42 Å². The molecule has 21 heavy (non-hydrogen) atoms. The highest BCUT2D eigenvalue weighted by Gasteiger charge is 2.30. The van der Waals surface area contributed by atoms with Crippen LogP contribution in [-0.2, 0) is 14.4 Å². The molecule has 0 spiro atoms. The van der Waals surface area contributed by atoms with Gasteiger partial charge in [-0.1, -0.05) is 13.8 Å². The van der Waals surface area contributed by atoms with E-state index in [9.17, 15) is 14.4 Å². The fraction of sp³-hybridized carbons (Fsp3) is 0.786. The van der Waals surface area contributed by atoms with Gasteiger partial charge in [0.1, 0.15) is 0 Å². The standard InChI is InChI=1S/C14H25N3O3.ClH/c1-10(2)8-14(3,9-15)16-11(18)6-7-17-12(19)4-5-13(17)20;/h10H,4-9,15H2,1-3H3,(H,16,18);1H. The summed E-state index contributed by atoms with van der Waals surface area (Å²) in [5.41, 5.74) is 5.29. The molecular weight excluding hydrogens is 294 g/mol. The van der Waals surface area contributed by atoms with E-state index in [1.165, 1.54) is 4.90 Å². The number of hydrogen-bond donors (Lipinski definition) is 2. The van der Waals surface area contributed by atoms with Crippen molar-refractivity contribution < 1.29 is 14.4 Å². The van der Waals surface area contributed by atoms with E-state index in [0.29, 0.717) is 12.5 Å². The van der Waals surface area contributed by atoms with Crippen LogP contribution in [0.5, 0.6) is 0 Å². The third-order valence-corrected chi connectivity index (χ3v) is 3.47. The highest BCUT2D eigenvalue weighted by molar-refractivity contribution is 6.02. The lowest BCUT2D eigenvalue weighted by atomic mass is 9.90. The molecular formula is C14H26ClN3O3. The molecule has 0 radical (unpaired) electrons. The molecule has 1 aliphatic heterocycles. The summed E-state index contributed by atoms with van der Waals surface area (Å²) in [6, 6.07) is 0. The Balaban J connectivity index is 0.00000400. The topological polar surface area (TPSA) is 92.5 Å². The first-order chi connectivity index (χ1) is 9.27. The summed E-state index contributed by atoms with van der Waals surface area (Å²) < 4.78 is 0. The van der Waals surface area contributed by atoms with Gasteiger partial charge >= 0.3 is 0 Å². The predicted octanol–water partition coefficient (Wildman–Crippen LogP) is 0.827. The van der Waals surface area contributed by atoms with Crippen molar-refractivity contribution in [1.82, 2.24) is 10.2 Å². The van der Waals surface area contributed by atoms with E-state index in [1.54, 1.807) is 0 Å². The normalized spacial score (nSPS) is 17.7. The summed E-state index contributed by atoms with van der Waals surface area (Å²) in [5, 5.41) is 2.91. The van der Waals surface area contributed by atoms with Gasteiger partial charge in [0.25, 0.3) is 0 Å². The molecule has 6 nitrogen and oxygen atoms in total. The van der Waals surface area contributed by atoms with Crippen LogP contribution < -0.4 is 11.1 Å². The molecule has 0 bridgehead atoms. The van der Waals surface area contributed by atoms with Gasteiger partial charge in [0, 0.05) is 37.9 Å². The maximum absolute atomic E-state index is 12.0. The fourth-order valence-corrected chi connectivity index (χ4v) is 2.57. The minimum Gasteiger partial charge on any atom is -0.350 e. The van der Waals surface area contributed by atoms with Crippen LogP contribution >= 0.6 is 12.4 Å². The third-order valence-electron chi connectivity index (χ3n) is 3.47. The quantitative estimate of drug-likeness (QED) is 0.680.